The molecule has 1 aromatic rings. The van der Waals surface area contributed by atoms with Crippen LogP contribution in [0, 0.1) is 37.5 Å². The average Bonchev–Trinajstić information content (AvgIpc) is 3.09. The van der Waals surface area contributed by atoms with Crippen LogP contribution in [0.3, 0.4) is 0 Å². The fourth-order valence-corrected chi connectivity index (χ4v) is 4.12. The highest BCUT2D eigenvalue weighted by Gasteiger charge is 2.59. The molecule has 0 N–H and O–H groups in total. The molecule has 1 aliphatic heterocycles. The second-order valence-corrected chi connectivity index (χ2v) is 6.23. The van der Waals surface area contributed by atoms with E-state index in [0.717, 1.165) is 23.2 Å². The minimum atomic E-state index is -0.114. The highest BCUT2D eigenvalue weighted by atomic mass is 16.2. The zero-order valence-electron chi connectivity index (χ0n) is 11.7. The fourth-order valence-electron chi connectivity index (χ4n) is 4.12. The number of rotatable bonds is 1. The molecule has 4 atom stereocenters. The molecule has 3 aliphatic rings. The van der Waals surface area contributed by atoms with E-state index in [2.05, 4.69) is 12.2 Å². The Kier molecular flexibility index (Phi) is 2.27. The molecule has 2 bridgehead atoms. The summed E-state index contributed by atoms with van der Waals surface area (Å²) in [7, 11) is 0. The first-order valence-electron chi connectivity index (χ1n) is 7.22. The lowest BCUT2D eigenvalue weighted by Crippen LogP contribution is -2.33. The van der Waals surface area contributed by atoms with E-state index in [1.807, 2.05) is 32.0 Å². The summed E-state index contributed by atoms with van der Waals surface area (Å²) in [6.45, 7) is 3.99. The first-order valence-corrected chi connectivity index (χ1v) is 7.22. The number of aryl methyl sites for hydroxylation is 1. The Bertz CT molecular complexity index is 631. The molecule has 1 saturated heterocycles. The van der Waals surface area contributed by atoms with Gasteiger partial charge in [-0.05, 0) is 49.3 Å². The summed E-state index contributed by atoms with van der Waals surface area (Å²) >= 11 is 0. The number of amides is 2. The number of hydrogen-bond donors (Lipinski definition) is 0. The van der Waals surface area contributed by atoms with Gasteiger partial charge in [0.2, 0.25) is 11.8 Å². The molecule has 4 rings (SSSR count). The molecule has 0 spiro atoms. The molecule has 20 heavy (non-hydrogen) atoms. The van der Waals surface area contributed by atoms with Crippen molar-refractivity contribution in [2.75, 3.05) is 4.90 Å². The molecule has 102 valence electrons. The fraction of sp³-hybridized carbons (Fsp3) is 0.412. The van der Waals surface area contributed by atoms with Crippen LogP contribution in [0.5, 0.6) is 0 Å². The molecule has 2 aliphatic carbocycles. The number of nitrogens with zero attached hydrogens (tertiary/aromatic N) is 1. The molecule has 1 aromatic carbocycles. The van der Waals surface area contributed by atoms with Crippen LogP contribution in [-0.2, 0) is 9.59 Å². The van der Waals surface area contributed by atoms with Crippen molar-refractivity contribution in [2.24, 2.45) is 23.7 Å². The zero-order valence-corrected chi connectivity index (χ0v) is 11.7. The number of imide groups is 1. The van der Waals surface area contributed by atoms with Crippen LogP contribution >= 0.6 is 0 Å². The van der Waals surface area contributed by atoms with Gasteiger partial charge in [-0.15, -0.1) is 0 Å². The maximum atomic E-state index is 12.7. The topological polar surface area (TPSA) is 37.4 Å². The quantitative estimate of drug-likeness (QED) is 0.579. The van der Waals surface area contributed by atoms with E-state index in [9.17, 15) is 9.59 Å². The second kappa shape index (κ2) is 3.81. The largest absolute Gasteiger partial charge is 0.274 e. The van der Waals surface area contributed by atoms with Crippen LogP contribution in [0.15, 0.2) is 30.4 Å². The number of carbonyl (C=O) groups excluding carboxylic acids is 2. The molecule has 0 aromatic heterocycles. The van der Waals surface area contributed by atoms with Gasteiger partial charge in [0.15, 0.2) is 0 Å². The van der Waals surface area contributed by atoms with E-state index in [1.165, 1.54) is 4.90 Å². The average molecular weight is 267 g/mol. The van der Waals surface area contributed by atoms with Gasteiger partial charge in [-0.1, -0.05) is 24.3 Å². The lowest BCUT2D eigenvalue weighted by molar-refractivity contribution is -0.123. The first-order chi connectivity index (χ1) is 9.59. The Labute approximate surface area is 118 Å². The molecule has 2 amide bonds. The van der Waals surface area contributed by atoms with Gasteiger partial charge in [0.1, 0.15) is 0 Å². The number of allylic oxidation sites excluding steroid dienone is 2. The molecule has 0 radical (unpaired) electrons. The third kappa shape index (κ3) is 1.30. The predicted octanol–water partition coefficient (Wildman–Crippen LogP) is 2.61. The van der Waals surface area contributed by atoms with Gasteiger partial charge in [0.05, 0.1) is 17.5 Å². The lowest BCUT2D eigenvalue weighted by atomic mass is 9.85. The van der Waals surface area contributed by atoms with Crippen molar-refractivity contribution in [2.45, 2.75) is 20.3 Å². The van der Waals surface area contributed by atoms with Crippen molar-refractivity contribution in [1.29, 1.82) is 0 Å². The van der Waals surface area contributed by atoms with Crippen LogP contribution in [0.2, 0.25) is 0 Å². The predicted molar refractivity (Wildman–Crippen MR) is 76.1 cm³/mol. The Balaban J connectivity index is 1.80. The Morgan fingerprint density at radius 1 is 1.00 bits per heavy atom. The summed E-state index contributed by atoms with van der Waals surface area (Å²) in [6, 6.07) is 5.81. The Hall–Kier alpha value is -1.90. The van der Waals surface area contributed by atoms with Crippen molar-refractivity contribution in [3.05, 3.63) is 41.5 Å². The minimum absolute atomic E-state index is 0.00514. The van der Waals surface area contributed by atoms with Gasteiger partial charge in [0.25, 0.3) is 0 Å². The van der Waals surface area contributed by atoms with E-state index in [1.54, 1.807) is 0 Å². The number of benzene rings is 1. The lowest BCUT2D eigenvalue weighted by Gasteiger charge is -2.20. The smallest absolute Gasteiger partial charge is 0.238 e. The van der Waals surface area contributed by atoms with Crippen molar-refractivity contribution >= 4 is 17.5 Å². The summed E-state index contributed by atoms with van der Waals surface area (Å²) in [5.74, 6) is 0.332. The maximum Gasteiger partial charge on any atom is 0.238 e. The highest BCUT2D eigenvalue weighted by Crippen LogP contribution is 2.53. The van der Waals surface area contributed by atoms with Gasteiger partial charge < -0.3 is 0 Å². The van der Waals surface area contributed by atoms with Crippen LogP contribution in [0.4, 0.5) is 5.69 Å². The molecule has 1 saturated carbocycles. The maximum absolute atomic E-state index is 12.7. The standard InChI is InChI=1S/C17H17NO2/c1-9-4-3-5-13(10(9)2)18-16(19)14-11-6-7-12(8-11)15(14)17(18)20/h3-7,11-12,14-15H,8H2,1-2H3. The summed E-state index contributed by atoms with van der Waals surface area (Å²) in [4.78, 5) is 26.9. The molecule has 2 fully saturated rings. The molecule has 4 unspecified atom stereocenters. The number of anilines is 1. The number of hydrogen-bond acceptors (Lipinski definition) is 2. The van der Waals surface area contributed by atoms with E-state index >= 15 is 0 Å². The van der Waals surface area contributed by atoms with Crippen LogP contribution in [0.1, 0.15) is 17.5 Å². The second-order valence-electron chi connectivity index (χ2n) is 6.23. The summed E-state index contributed by atoms with van der Waals surface area (Å²) in [5, 5.41) is 0. The first kappa shape index (κ1) is 11.9. The summed E-state index contributed by atoms with van der Waals surface area (Å²) in [5.41, 5.74) is 2.91. The van der Waals surface area contributed by atoms with Gasteiger partial charge >= 0.3 is 0 Å². The van der Waals surface area contributed by atoms with E-state index in [0.29, 0.717) is 0 Å². The summed E-state index contributed by atoms with van der Waals surface area (Å²) in [6.07, 6.45) is 5.24. The Morgan fingerprint density at radius 3 is 2.20 bits per heavy atom. The van der Waals surface area contributed by atoms with Crippen molar-refractivity contribution in [3.63, 3.8) is 0 Å². The zero-order chi connectivity index (χ0) is 14.0. The van der Waals surface area contributed by atoms with Crippen LogP contribution in [0.25, 0.3) is 0 Å². The number of fused-ring (bicyclic) bond motifs is 5. The summed E-state index contributed by atoms with van der Waals surface area (Å²) < 4.78 is 0. The van der Waals surface area contributed by atoms with E-state index in [-0.39, 0.29) is 35.5 Å². The third-order valence-electron chi connectivity index (χ3n) is 5.29. The van der Waals surface area contributed by atoms with Crippen LogP contribution < -0.4 is 4.90 Å². The van der Waals surface area contributed by atoms with Gasteiger partial charge in [-0.25, -0.2) is 4.90 Å². The molecule has 3 heteroatoms. The van der Waals surface area contributed by atoms with Gasteiger partial charge in [0, 0.05) is 0 Å². The minimum Gasteiger partial charge on any atom is -0.274 e. The van der Waals surface area contributed by atoms with E-state index in [4.69, 9.17) is 0 Å². The highest BCUT2D eigenvalue weighted by molar-refractivity contribution is 6.23. The normalized spacial score (nSPS) is 34.2. The van der Waals surface area contributed by atoms with Crippen molar-refractivity contribution < 1.29 is 9.59 Å². The van der Waals surface area contributed by atoms with Crippen molar-refractivity contribution in [1.82, 2.24) is 0 Å². The molecule has 3 nitrogen and oxygen atoms in total. The molecular weight excluding hydrogens is 250 g/mol. The number of carbonyl (C=O) groups is 2. The molecular formula is C17H17NO2. The van der Waals surface area contributed by atoms with Crippen LogP contribution in [-0.4, -0.2) is 11.8 Å². The van der Waals surface area contributed by atoms with E-state index < -0.39 is 0 Å². The Morgan fingerprint density at radius 2 is 1.60 bits per heavy atom. The third-order valence-corrected chi connectivity index (χ3v) is 5.29. The van der Waals surface area contributed by atoms with Crippen molar-refractivity contribution in [3.8, 4) is 0 Å². The van der Waals surface area contributed by atoms with Gasteiger partial charge in [-0.3, -0.25) is 9.59 Å². The monoisotopic (exact) mass is 267 g/mol. The SMILES string of the molecule is Cc1cccc(N2C(=O)C3C4C=CC(C4)C3C2=O)c1C. The van der Waals surface area contributed by atoms with Gasteiger partial charge in [-0.2, -0.15) is 0 Å². The molecule has 1 heterocycles.